The van der Waals surface area contributed by atoms with E-state index < -0.39 is 0 Å². The highest BCUT2D eigenvalue weighted by atomic mass is 16.0. The highest BCUT2D eigenvalue weighted by molar-refractivity contribution is 5.13. The maximum absolute atomic E-state index is 2.29. The van der Waals surface area contributed by atoms with E-state index in [0.717, 1.165) is 0 Å². The molecule has 0 radical (unpaired) electrons. The lowest BCUT2D eigenvalue weighted by Crippen LogP contribution is -2.46. The molecule has 0 aliphatic heterocycles. The van der Waals surface area contributed by atoms with Crippen molar-refractivity contribution in [2.24, 2.45) is 0 Å². The van der Waals surface area contributed by atoms with Crippen molar-refractivity contribution in [3.63, 3.8) is 0 Å². The molecule has 0 bridgehead atoms. The molecule has 1 rings (SSSR count). The van der Waals surface area contributed by atoms with Gasteiger partial charge in [0, 0.05) is 5.56 Å². The molecule has 0 amide bonds. The summed E-state index contributed by atoms with van der Waals surface area (Å²) in [4.78, 5) is 0. The summed E-state index contributed by atoms with van der Waals surface area (Å²) < 4.78 is 1.20. The molecule has 2 nitrogen and oxygen atoms in total. The van der Waals surface area contributed by atoms with E-state index in [1.807, 2.05) is 0 Å². The second kappa shape index (κ2) is 6.59. The van der Waals surface area contributed by atoms with Gasteiger partial charge in [-0.05, 0) is 20.8 Å². The molecular formula is C13H24NO+. The first-order chi connectivity index (χ1) is 6.76. The Labute approximate surface area is 93.4 Å². The highest BCUT2D eigenvalue weighted by Gasteiger charge is 2.20. The van der Waals surface area contributed by atoms with Gasteiger partial charge in [-0.15, -0.1) is 0 Å². The minimum atomic E-state index is 0. The summed E-state index contributed by atoms with van der Waals surface area (Å²) in [6.07, 6.45) is 0. The smallest absolute Gasteiger partial charge is 0.104 e. The summed E-state index contributed by atoms with van der Waals surface area (Å²) in [5.41, 5.74) is 1.46. The van der Waals surface area contributed by atoms with Gasteiger partial charge in [0.05, 0.1) is 19.6 Å². The predicted octanol–water partition coefficient (Wildman–Crippen LogP) is 2.24. The fourth-order valence-corrected chi connectivity index (χ4v) is 1.98. The Kier molecular flexibility index (Phi) is 6.21. The Morgan fingerprint density at radius 1 is 0.867 bits per heavy atom. The van der Waals surface area contributed by atoms with Crippen LogP contribution in [0.1, 0.15) is 26.3 Å². The molecule has 86 valence electrons. The molecule has 0 heterocycles. The average Bonchev–Trinajstić information content (AvgIpc) is 2.28. The lowest BCUT2D eigenvalue weighted by atomic mass is 10.2. The molecule has 2 heteroatoms. The third-order valence-corrected chi connectivity index (χ3v) is 3.37. The number of hydrogen-bond donors (Lipinski definition) is 0. The summed E-state index contributed by atoms with van der Waals surface area (Å²) in [6.45, 7) is 11.7. The van der Waals surface area contributed by atoms with E-state index in [2.05, 4.69) is 51.1 Å². The molecule has 0 aliphatic carbocycles. The van der Waals surface area contributed by atoms with Crippen LogP contribution < -0.4 is 0 Å². The minimum absolute atomic E-state index is 0. The van der Waals surface area contributed by atoms with Gasteiger partial charge in [-0.2, -0.15) is 0 Å². The van der Waals surface area contributed by atoms with Gasteiger partial charge in [-0.25, -0.2) is 0 Å². The highest BCUT2D eigenvalue weighted by Crippen LogP contribution is 2.13. The van der Waals surface area contributed by atoms with Crippen LogP contribution in [-0.2, 0) is 6.54 Å². The summed E-state index contributed by atoms with van der Waals surface area (Å²) in [7, 11) is 0. The van der Waals surface area contributed by atoms with E-state index in [9.17, 15) is 0 Å². The first-order valence-electron chi connectivity index (χ1n) is 5.65. The number of rotatable bonds is 5. The fourth-order valence-electron chi connectivity index (χ4n) is 1.98. The van der Waals surface area contributed by atoms with Crippen molar-refractivity contribution < 1.29 is 9.96 Å². The van der Waals surface area contributed by atoms with E-state index in [1.165, 1.54) is 36.2 Å². The van der Waals surface area contributed by atoms with Crippen molar-refractivity contribution in [1.29, 1.82) is 0 Å². The fraction of sp³-hybridized carbons (Fsp3) is 0.538. The van der Waals surface area contributed by atoms with Crippen molar-refractivity contribution in [1.82, 2.24) is 0 Å². The summed E-state index contributed by atoms with van der Waals surface area (Å²) >= 11 is 0. The van der Waals surface area contributed by atoms with Gasteiger partial charge in [0.1, 0.15) is 6.54 Å². The van der Waals surface area contributed by atoms with Crippen LogP contribution in [0.4, 0.5) is 0 Å². The quantitative estimate of drug-likeness (QED) is 0.668. The Bertz CT molecular complexity index is 246. The zero-order valence-electron chi connectivity index (χ0n) is 10.2. The Balaban J connectivity index is 0.00000196. The standard InChI is InChI=1S/C13H22N.H2O/c1-4-14(5-2,6-3)12-13-10-8-7-9-11-13;/h7-11H,4-6,12H2,1-3H3;1H2/q+1;. The topological polar surface area (TPSA) is 31.5 Å². The zero-order valence-corrected chi connectivity index (χ0v) is 10.2. The van der Waals surface area contributed by atoms with Crippen molar-refractivity contribution in [3.8, 4) is 0 Å². The predicted molar refractivity (Wildman–Crippen MR) is 65.6 cm³/mol. The molecule has 0 saturated carbocycles. The van der Waals surface area contributed by atoms with Gasteiger partial charge in [-0.1, -0.05) is 30.3 Å². The number of benzene rings is 1. The van der Waals surface area contributed by atoms with Gasteiger partial charge in [0.2, 0.25) is 0 Å². The summed E-state index contributed by atoms with van der Waals surface area (Å²) in [6, 6.07) is 10.8. The minimum Gasteiger partial charge on any atom is -0.412 e. The van der Waals surface area contributed by atoms with Crippen LogP contribution in [0.5, 0.6) is 0 Å². The molecule has 0 spiro atoms. The average molecular weight is 210 g/mol. The van der Waals surface area contributed by atoms with E-state index >= 15 is 0 Å². The van der Waals surface area contributed by atoms with Crippen LogP contribution >= 0.6 is 0 Å². The second-order valence-corrected chi connectivity index (χ2v) is 3.93. The van der Waals surface area contributed by atoms with Crippen LogP contribution in [0.3, 0.4) is 0 Å². The normalized spacial score (nSPS) is 10.9. The van der Waals surface area contributed by atoms with E-state index in [1.54, 1.807) is 0 Å². The van der Waals surface area contributed by atoms with Gasteiger partial charge >= 0.3 is 0 Å². The van der Waals surface area contributed by atoms with E-state index in [0.29, 0.717) is 0 Å². The largest absolute Gasteiger partial charge is 0.412 e. The van der Waals surface area contributed by atoms with Gasteiger partial charge in [0.15, 0.2) is 0 Å². The molecule has 0 unspecified atom stereocenters. The summed E-state index contributed by atoms with van der Waals surface area (Å²) in [5.74, 6) is 0. The zero-order chi connectivity index (χ0) is 10.4. The molecule has 0 saturated heterocycles. The third kappa shape index (κ3) is 3.65. The van der Waals surface area contributed by atoms with Gasteiger partial charge in [0.25, 0.3) is 0 Å². The maximum Gasteiger partial charge on any atom is 0.104 e. The lowest BCUT2D eigenvalue weighted by molar-refractivity contribution is -0.936. The second-order valence-electron chi connectivity index (χ2n) is 3.93. The van der Waals surface area contributed by atoms with Crippen LogP contribution in [0.15, 0.2) is 30.3 Å². The molecule has 0 fully saturated rings. The monoisotopic (exact) mass is 210 g/mol. The third-order valence-electron chi connectivity index (χ3n) is 3.37. The van der Waals surface area contributed by atoms with Crippen molar-refractivity contribution >= 4 is 0 Å². The van der Waals surface area contributed by atoms with Crippen molar-refractivity contribution in [3.05, 3.63) is 35.9 Å². The Morgan fingerprint density at radius 3 is 1.73 bits per heavy atom. The van der Waals surface area contributed by atoms with Crippen molar-refractivity contribution in [2.75, 3.05) is 19.6 Å². The van der Waals surface area contributed by atoms with Gasteiger partial charge in [-0.3, -0.25) is 0 Å². The Morgan fingerprint density at radius 2 is 1.33 bits per heavy atom. The molecular weight excluding hydrogens is 186 g/mol. The maximum atomic E-state index is 2.29. The lowest BCUT2D eigenvalue weighted by Gasteiger charge is -2.35. The van der Waals surface area contributed by atoms with Gasteiger partial charge < -0.3 is 9.96 Å². The van der Waals surface area contributed by atoms with Crippen LogP contribution in [-0.4, -0.2) is 29.6 Å². The molecule has 1 aromatic carbocycles. The molecule has 0 aromatic heterocycles. The summed E-state index contributed by atoms with van der Waals surface area (Å²) in [5, 5.41) is 0. The van der Waals surface area contributed by atoms with E-state index in [4.69, 9.17) is 0 Å². The number of hydrogen-bond acceptors (Lipinski definition) is 0. The first-order valence-corrected chi connectivity index (χ1v) is 5.65. The molecule has 0 atom stereocenters. The van der Waals surface area contributed by atoms with Crippen LogP contribution in [0, 0.1) is 0 Å². The van der Waals surface area contributed by atoms with Crippen LogP contribution in [0.2, 0.25) is 0 Å². The van der Waals surface area contributed by atoms with Crippen molar-refractivity contribution in [2.45, 2.75) is 27.3 Å². The SMILES string of the molecule is CC[N+](CC)(CC)Cc1ccccc1.O. The molecule has 2 N–H and O–H groups in total. The molecule has 1 aromatic rings. The number of quaternary nitrogens is 1. The molecule has 0 aliphatic rings. The number of nitrogens with zero attached hydrogens (tertiary/aromatic N) is 1. The Hall–Kier alpha value is -0.860. The van der Waals surface area contributed by atoms with Crippen LogP contribution in [0.25, 0.3) is 0 Å². The van der Waals surface area contributed by atoms with E-state index in [-0.39, 0.29) is 5.48 Å². The first kappa shape index (κ1) is 14.1. The molecule has 15 heavy (non-hydrogen) atoms.